The van der Waals surface area contributed by atoms with E-state index in [2.05, 4.69) is 16.0 Å². The molecule has 7 nitrogen and oxygen atoms in total. The summed E-state index contributed by atoms with van der Waals surface area (Å²) in [6.45, 7) is 1.55. The van der Waals surface area contributed by atoms with Crippen molar-refractivity contribution >= 4 is 24.0 Å². The van der Waals surface area contributed by atoms with E-state index in [-0.39, 0.29) is 5.91 Å². The molecular weight excluding hydrogens is 442 g/mol. The van der Waals surface area contributed by atoms with Crippen molar-refractivity contribution in [2.45, 2.75) is 50.7 Å². The van der Waals surface area contributed by atoms with Crippen molar-refractivity contribution in [1.82, 2.24) is 16.0 Å². The van der Waals surface area contributed by atoms with E-state index in [1.807, 2.05) is 54.6 Å². The van der Waals surface area contributed by atoms with Gasteiger partial charge in [0, 0.05) is 5.56 Å². The van der Waals surface area contributed by atoms with E-state index in [1.54, 1.807) is 31.2 Å². The van der Waals surface area contributed by atoms with Crippen LogP contribution in [0.2, 0.25) is 0 Å². The smallest absolute Gasteiger partial charge is 0.251 e. The van der Waals surface area contributed by atoms with Gasteiger partial charge in [-0.05, 0) is 50.3 Å². The molecule has 35 heavy (non-hydrogen) atoms. The Kier molecular flexibility index (Phi) is 9.54. The number of aldehydes is 1. The molecule has 2 aromatic rings. The first-order valence-electron chi connectivity index (χ1n) is 11.8. The Balaban J connectivity index is 1.63. The van der Waals surface area contributed by atoms with Gasteiger partial charge in [0.15, 0.2) is 0 Å². The maximum atomic E-state index is 13.1. The molecule has 0 bridgehead atoms. The Bertz CT molecular complexity index is 1080. The van der Waals surface area contributed by atoms with Crippen LogP contribution in [0.25, 0.3) is 0 Å². The van der Waals surface area contributed by atoms with E-state index >= 15 is 0 Å². The SMILES string of the molecule is CC(NC(=O)C(CC1=CC=CCC1)NC(=O)c1ccccc1)C(=O)NC(C=O)Cc1ccccc1. The van der Waals surface area contributed by atoms with Gasteiger partial charge in [-0.25, -0.2) is 0 Å². The Labute approximate surface area is 205 Å². The third-order valence-electron chi connectivity index (χ3n) is 5.77. The third kappa shape index (κ3) is 8.07. The molecule has 3 rings (SSSR count). The molecule has 3 atom stereocenters. The Morgan fingerprint density at radius 3 is 2.20 bits per heavy atom. The minimum atomic E-state index is -0.892. The van der Waals surface area contributed by atoms with Crippen LogP contribution in [-0.2, 0) is 20.8 Å². The summed E-state index contributed by atoms with van der Waals surface area (Å²) in [5.41, 5.74) is 2.41. The van der Waals surface area contributed by atoms with Crippen molar-refractivity contribution in [3.05, 3.63) is 95.6 Å². The van der Waals surface area contributed by atoms with Crippen molar-refractivity contribution in [1.29, 1.82) is 0 Å². The zero-order chi connectivity index (χ0) is 25.0. The molecule has 1 aliphatic rings. The Hall–Kier alpha value is -4.00. The minimum absolute atomic E-state index is 0.341. The van der Waals surface area contributed by atoms with Crippen molar-refractivity contribution in [2.24, 2.45) is 0 Å². The van der Waals surface area contributed by atoms with E-state index in [0.717, 1.165) is 24.0 Å². The van der Waals surface area contributed by atoms with Crippen LogP contribution in [-0.4, -0.2) is 42.1 Å². The van der Waals surface area contributed by atoms with E-state index in [9.17, 15) is 19.2 Å². The molecule has 182 valence electrons. The number of hydrogen-bond donors (Lipinski definition) is 3. The maximum absolute atomic E-state index is 13.1. The molecular formula is C28H31N3O4. The molecule has 3 N–H and O–H groups in total. The fourth-order valence-electron chi connectivity index (χ4n) is 3.81. The molecule has 0 fully saturated rings. The molecule has 2 aromatic carbocycles. The number of carbonyl (C=O) groups excluding carboxylic acids is 4. The van der Waals surface area contributed by atoms with Crippen molar-refractivity contribution in [2.75, 3.05) is 0 Å². The van der Waals surface area contributed by atoms with E-state index in [4.69, 9.17) is 0 Å². The Morgan fingerprint density at radius 2 is 1.57 bits per heavy atom. The summed E-state index contributed by atoms with van der Waals surface area (Å²) in [6.07, 6.45) is 9.00. The average Bonchev–Trinajstić information content (AvgIpc) is 2.89. The second-order valence-electron chi connectivity index (χ2n) is 8.56. The predicted molar refractivity (Wildman–Crippen MR) is 135 cm³/mol. The molecule has 0 radical (unpaired) electrons. The summed E-state index contributed by atoms with van der Waals surface area (Å²) in [7, 11) is 0. The molecule has 3 unspecified atom stereocenters. The van der Waals surface area contributed by atoms with Gasteiger partial charge in [-0.15, -0.1) is 0 Å². The summed E-state index contributed by atoms with van der Waals surface area (Å²) in [4.78, 5) is 50.1. The summed E-state index contributed by atoms with van der Waals surface area (Å²) < 4.78 is 0. The maximum Gasteiger partial charge on any atom is 0.251 e. The van der Waals surface area contributed by atoms with Gasteiger partial charge < -0.3 is 20.7 Å². The number of allylic oxidation sites excluding steroid dienone is 3. The van der Waals surface area contributed by atoms with Crippen LogP contribution in [0.1, 0.15) is 42.1 Å². The fourth-order valence-corrected chi connectivity index (χ4v) is 3.81. The first kappa shape index (κ1) is 25.6. The van der Waals surface area contributed by atoms with Crippen molar-refractivity contribution in [3.8, 4) is 0 Å². The molecule has 0 saturated heterocycles. The highest BCUT2D eigenvalue weighted by Gasteiger charge is 2.26. The summed E-state index contributed by atoms with van der Waals surface area (Å²) >= 11 is 0. The van der Waals surface area contributed by atoms with Gasteiger partial charge in [-0.1, -0.05) is 72.3 Å². The molecule has 0 saturated carbocycles. The Morgan fingerprint density at radius 1 is 0.886 bits per heavy atom. The normalized spacial score (nSPS) is 15.2. The fraction of sp³-hybridized carbons (Fsp3) is 0.286. The molecule has 3 amide bonds. The molecule has 0 heterocycles. The second-order valence-corrected chi connectivity index (χ2v) is 8.56. The van der Waals surface area contributed by atoms with Gasteiger partial charge in [0.25, 0.3) is 5.91 Å². The van der Waals surface area contributed by atoms with Crippen LogP contribution < -0.4 is 16.0 Å². The number of hydrogen-bond acceptors (Lipinski definition) is 4. The average molecular weight is 474 g/mol. The summed E-state index contributed by atoms with van der Waals surface area (Å²) in [5, 5.41) is 8.18. The lowest BCUT2D eigenvalue weighted by atomic mass is 9.97. The van der Waals surface area contributed by atoms with Gasteiger partial charge >= 0.3 is 0 Å². The van der Waals surface area contributed by atoms with Gasteiger partial charge in [0.1, 0.15) is 18.4 Å². The standard InChI is InChI=1S/C28H31N3O4/c1-20(26(33)30-24(19-32)17-21-11-5-2-6-12-21)29-28(35)25(18-22-13-7-3-8-14-22)31-27(34)23-15-9-4-10-16-23/h2-7,9-13,15-16,19-20,24-25H,8,14,17-18H2,1H3,(H,29,35)(H,30,33)(H,31,34). The quantitative estimate of drug-likeness (QED) is 0.437. The van der Waals surface area contributed by atoms with E-state index in [1.165, 1.54) is 0 Å². The van der Waals surface area contributed by atoms with Crippen LogP contribution in [0, 0.1) is 0 Å². The molecule has 0 aromatic heterocycles. The van der Waals surface area contributed by atoms with Crippen LogP contribution >= 0.6 is 0 Å². The van der Waals surface area contributed by atoms with Crippen LogP contribution in [0.4, 0.5) is 0 Å². The van der Waals surface area contributed by atoms with Crippen molar-refractivity contribution < 1.29 is 19.2 Å². The first-order chi connectivity index (χ1) is 17.0. The van der Waals surface area contributed by atoms with Crippen molar-refractivity contribution in [3.63, 3.8) is 0 Å². The molecule has 0 aliphatic heterocycles. The number of benzene rings is 2. The monoisotopic (exact) mass is 473 g/mol. The zero-order valence-electron chi connectivity index (χ0n) is 19.8. The largest absolute Gasteiger partial charge is 0.344 e. The lowest BCUT2D eigenvalue weighted by Gasteiger charge is -2.23. The molecule has 1 aliphatic carbocycles. The van der Waals surface area contributed by atoms with Gasteiger partial charge in [-0.3, -0.25) is 14.4 Å². The van der Waals surface area contributed by atoms with Crippen LogP contribution in [0.5, 0.6) is 0 Å². The topological polar surface area (TPSA) is 104 Å². The second kappa shape index (κ2) is 13.0. The van der Waals surface area contributed by atoms with Crippen LogP contribution in [0.3, 0.4) is 0 Å². The van der Waals surface area contributed by atoms with Gasteiger partial charge in [0.05, 0.1) is 6.04 Å². The first-order valence-corrected chi connectivity index (χ1v) is 11.8. The molecule has 0 spiro atoms. The third-order valence-corrected chi connectivity index (χ3v) is 5.77. The van der Waals surface area contributed by atoms with E-state index < -0.39 is 29.9 Å². The van der Waals surface area contributed by atoms with Gasteiger partial charge in [-0.2, -0.15) is 0 Å². The van der Waals surface area contributed by atoms with Crippen LogP contribution in [0.15, 0.2) is 84.5 Å². The number of amides is 3. The number of nitrogens with one attached hydrogen (secondary N) is 3. The van der Waals surface area contributed by atoms with Gasteiger partial charge in [0.2, 0.25) is 11.8 Å². The number of carbonyl (C=O) groups is 4. The highest BCUT2D eigenvalue weighted by Crippen LogP contribution is 2.18. The lowest BCUT2D eigenvalue weighted by molar-refractivity contribution is -0.130. The highest BCUT2D eigenvalue weighted by atomic mass is 16.2. The van der Waals surface area contributed by atoms with E-state index in [0.29, 0.717) is 24.7 Å². The summed E-state index contributed by atoms with van der Waals surface area (Å²) in [6, 6.07) is 15.6. The summed E-state index contributed by atoms with van der Waals surface area (Å²) in [5.74, 6) is -1.30. The predicted octanol–water partition coefficient (Wildman–Crippen LogP) is 2.88. The zero-order valence-corrected chi connectivity index (χ0v) is 19.8. The lowest BCUT2D eigenvalue weighted by Crippen LogP contribution is -2.54. The number of rotatable bonds is 11. The highest BCUT2D eigenvalue weighted by molar-refractivity contribution is 5.98. The molecule has 7 heteroatoms. The minimum Gasteiger partial charge on any atom is -0.344 e.